The van der Waals surface area contributed by atoms with E-state index in [1.807, 2.05) is 6.07 Å². The molecule has 1 atom stereocenters. The third kappa shape index (κ3) is 5.03. The third-order valence-electron chi connectivity index (χ3n) is 3.23. The van der Waals surface area contributed by atoms with Crippen molar-refractivity contribution >= 4 is 26.0 Å². The summed E-state index contributed by atoms with van der Waals surface area (Å²) in [5, 5.41) is 3.38. The number of hydrogen-bond donors (Lipinski definition) is 2. The second-order valence-electron chi connectivity index (χ2n) is 5.40. The lowest BCUT2D eigenvalue weighted by molar-refractivity contribution is 0.180. The molecule has 0 saturated heterocycles. The van der Waals surface area contributed by atoms with Crippen molar-refractivity contribution in [2.24, 2.45) is 0 Å². The molecule has 1 aromatic carbocycles. The molecular weight excluding hydrogens is 356 g/mol. The number of methoxy groups -OCH3 is 1. The first kappa shape index (κ1) is 16.9. The first-order valence-electron chi connectivity index (χ1n) is 6.95. The van der Waals surface area contributed by atoms with Crippen molar-refractivity contribution in [1.82, 2.24) is 10.0 Å². The molecule has 1 aliphatic carbocycles. The van der Waals surface area contributed by atoms with E-state index in [1.54, 1.807) is 26.2 Å². The van der Waals surface area contributed by atoms with Gasteiger partial charge in [-0.15, -0.1) is 0 Å². The Morgan fingerprint density at radius 1 is 1.43 bits per heavy atom. The van der Waals surface area contributed by atoms with Crippen LogP contribution in [0, 0.1) is 0 Å². The summed E-state index contributed by atoms with van der Waals surface area (Å²) in [6.45, 7) is 2.79. The summed E-state index contributed by atoms with van der Waals surface area (Å²) in [4.78, 5) is 0.264. The number of rotatable bonds is 8. The summed E-state index contributed by atoms with van der Waals surface area (Å²) < 4.78 is 33.0. The molecule has 0 aliphatic heterocycles. The Kier molecular flexibility index (Phi) is 5.79. The smallest absolute Gasteiger partial charge is 0.242 e. The van der Waals surface area contributed by atoms with Crippen LogP contribution in [0.1, 0.15) is 25.3 Å². The standard InChI is InChI=1S/C14H21BrN2O3S/c1-10(9-20-2)17-21(18,19)14-7-11(3-6-13(14)15)8-16-12-4-5-12/h3,6-7,10,12,16-17H,4-5,8-9H2,1-2H3. The molecule has 1 saturated carbocycles. The molecule has 0 radical (unpaired) electrons. The number of nitrogens with one attached hydrogen (secondary N) is 2. The molecule has 1 aliphatic rings. The SMILES string of the molecule is COCC(C)NS(=O)(=O)c1cc(CNC2CC2)ccc1Br. The van der Waals surface area contributed by atoms with Crippen LogP contribution < -0.4 is 10.0 Å². The van der Waals surface area contributed by atoms with Crippen LogP contribution in [0.3, 0.4) is 0 Å². The van der Waals surface area contributed by atoms with Crippen LogP contribution in [0.25, 0.3) is 0 Å². The van der Waals surface area contributed by atoms with Crippen molar-refractivity contribution in [2.75, 3.05) is 13.7 Å². The van der Waals surface area contributed by atoms with Crippen LogP contribution in [-0.2, 0) is 21.3 Å². The number of halogens is 1. The van der Waals surface area contributed by atoms with Gasteiger partial charge in [0.2, 0.25) is 10.0 Å². The molecule has 2 rings (SSSR count). The topological polar surface area (TPSA) is 67.4 Å². The van der Waals surface area contributed by atoms with Crippen molar-refractivity contribution < 1.29 is 13.2 Å². The highest BCUT2D eigenvalue weighted by molar-refractivity contribution is 9.10. The second kappa shape index (κ2) is 7.19. The van der Waals surface area contributed by atoms with E-state index in [2.05, 4.69) is 26.0 Å². The van der Waals surface area contributed by atoms with Crippen LogP contribution in [0.15, 0.2) is 27.6 Å². The molecule has 5 nitrogen and oxygen atoms in total. The van der Waals surface area contributed by atoms with Gasteiger partial charge in [0.1, 0.15) is 0 Å². The average molecular weight is 377 g/mol. The highest BCUT2D eigenvalue weighted by atomic mass is 79.9. The van der Waals surface area contributed by atoms with Crippen LogP contribution in [0.2, 0.25) is 0 Å². The maximum atomic E-state index is 12.4. The minimum absolute atomic E-state index is 0.264. The van der Waals surface area contributed by atoms with E-state index in [9.17, 15) is 8.42 Å². The van der Waals surface area contributed by atoms with Gasteiger partial charge in [0.05, 0.1) is 11.5 Å². The van der Waals surface area contributed by atoms with Crippen LogP contribution >= 0.6 is 15.9 Å². The Balaban J connectivity index is 2.13. The highest BCUT2D eigenvalue weighted by Gasteiger charge is 2.22. The first-order chi connectivity index (χ1) is 9.92. The number of hydrogen-bond acceptors (Lipinski definition) is 4. The lowest BCUT2D eigenvalue weighted by atomic mass is 10.2. The second-order valence-corrected chi connectivity index (χ2v) is 7.93. The Morgan fingerprint density at radius 3 is 2.76 bits per heavy atom. The molecule has 0 heterocycles. The van der Waals surface area contributed by atoms with E-state index >= 15 is 0 Å². The molecule has 1 aromatic rings. The van der Waals surface area contributed by atoms with Gasteiger partial charge < -0.3 is 10.1 Å². The lowest BCUT2D eigenvalue weighted by Crippen LogP contribution is -2.35. The molecular formula is C14H21BrN2O3S. The van der Waals surface area contributed by atoms with E-state index in [0.717, 1.165) is 5.56 Å². The maximum absolute atomic E-state index is 12.4. The van der Waals surface area contributed by atoms with Gasteiger partial charge in [0.15, 0.2) is 0 Å². The van der Waals surface area contributed by atoms with Crippen molar-refractivity contribution in [1.29, 1.82) is 0 Å². The number of benzene rings is 1. The Labute approximate surface area is 134 Å². The predicted molar refractivity (Wildman–Crippen MR) is 85.7 cm³/mol. The molecule has 0 amide bonds. The van der Waals surface area contributed by atoms with E-state index < -0.39 is 10.0 Å². The zero-order valence-electron chi connectivity index (χ0n) is 12.2. The molecule has 0 bridgehead atoms. The Morgan fingerprint density at radius 2 is 2.14 bits per heavy atom. The summed E-state index contributed by atoms with van der Waals surface area (Å²) in [5.41, 5.74) is 0.963. The van der Waals surface area contributed by atoms with Crippen molar-refractivity contribution in [2.45, 2.75) is 43.3 Å². The molecule has 0 aromatic heterocycles. The average Bonchev–Trinajstić information content (AvgIpc) is 3.21. The highest BCUT2D eigenvalue weighted by Crippen LogP contribution is 2.24. The van der Waals surface area contributed by atoms with Gasteiger partial charge in [-0.25, -0.2) is 13.1 Å². The normalized spacial score (nSPS) is 16.9. The van der Waals surface area contributed by atoms with Gasteiger partial charge in [-0.1, -0.05) is 6.07 Å². The fourth-order valence-electron chi connectivity index (χ4n) is 2.03. The Bertz CT molecular complexity index is 588. The largest absolute Gasteiger partial charge is 0.383 e. The number of ether oxygens (including phenoxy) is 1. The molecule has 0 spiro atoms. The van der Waals surface area contributed by atoms with Gasteiger partial charge in [-0.3, -0.25) is 0 Å². The minimum atomic E-state index is -3.56. The van der Waals surface area contributed by atoms with E-state index in [1.165, 1.54) is 12.8 Å². The lowest BCUT2D eigenvalue weighted by Gasteiger charge is -2.15. The fraction of sp³-hybridized carbons (Fsp3) is 0.571. The summed E-state index contributed by atoms with van der Waals surface area (Å²) in [6, 6.07) is 5.73. The van der Waals surface area contributed by atoms with Gasteiger partial charge in [-0.2, -0.15) is 0 Å². The summed E-state index contributed by atoms with van der Waals surface area (Å²) >= 11 is 3.32. The van der Waals surface area contributed by atoms with Gasteiger partial charge in [0.25, 0.3) is 0 Å². The molecule has 1 fully saturated rings. The molecule has 1 unspecified atom stereocenters. The molecule has 7 heteroatoms. The van der Waals surface area contributed by atoms with Crippen LogP contribution in [0.4, 0.5) is 0 Å². The monoisotopic (exact) mass is 376 g/mol. The molecule has 2 N–H and O–H groups in total. The number of sulfonamides is 1. The maximum Gasteiger partial charge on any atom is 0.242 e. The van der Waals surface area contributed by atoms with Crippen LogP contribution in [-0.4, -0.2) is 34.2 Å². The van der Waals surface area contributed by atoms with Crippen molar-refractivity contribution in [3.05, 3.63) is 28.2 Å². The van der Waals surface area contributed by atoms with Gasteiger partial charge in [0, 0.05) is 30.2 Å². The van der Waals surface area contributed by atoms with Crippen molar-refractivity contribution in [3.63, 3.8) is 0 Å². The van der Waals surface area contributed by atoms with E-state index in [4.69, 9.17) is 4.74 Å². The summed E-state index contributed by atoms with van der Waals surface area (Å²) in [6.07, 6.45) is 2.41. The van der Waals surface area contributed by atoms with Crippen LogP contribution in [0.5, 0.6) is 0 Å². The first-order valence-corrected chi connectivity index (χ1v) is 9.23. The quantitative estimate of drug-likeness (QED) is 0.728. The zero-order valence-corrected chi connectivity index (χ0v) is 14.6. The Hall–Kier alpha value is -0.470. The third-order valence-corrected chi connectivity index (χ3v) is 5.81. The van der Waals surface area contributed by atoms with E-state index in [0.29, 0.717) is 23.7 Å². The fourth-order valence-corrected chi connectivity index (χ4v) is 4.27. The summed E-state index contributed by atoms with van der Waals surface area (Å²) in [7, 11) is -2.02. The molecule has 118 valence electrons. The predicted octanol–water partition coefficient (Wildman–Crippen LogP) is 2.01. The molecule has 21 heavy (non-hydrogen) atoms. The van der Waals surface area contributed by atoms with Gasteiger partial charge >= 0.3 is 0 Å². The van der Waals surface area contributed by atoms with E-state index in [-0.39, 0.29) is 10.9 Å². The van der Waals surface area contributed by atoms with Gasteiger partial charge in [-0.05, 0) is 53.4 Å². The summed E-state index contributed by atoms with van der Waals surface area (Å²) in [5.74, 6) is 0. The zero-order chi connectivity index (χ0) is 15.5. The minimum Gasteiger partial charge on any atom is -0.383 e. The van der Waals surface area contributed by atoms with Crippen molar-refractivity contribution in [3.8, 4) is 0 Å².